The molecule has 1 saturated carbocycles. The number of hydrogen-bond acceptors (Lipinski definition) is 4. The van der Waals surface area contributed by atoms with Crippen molar-refractivity contribution >= 4 is 21.4 Å². The number of nitrogens with one attached hydrogen (secondary N) is 2. The van der Waals surface area contributed by atoms with Gasteiger partial charge in [0, 0.05) is 22.8 Å². The van der Waals surface area contributed by atoms with E-state index in [1.165, 1.54) is 11.3 Å². The van der Waals surface area contributed by atoms with E-state index in [4.69, 9.17) is 0 Å². The molecule has 3 atom stereocenters. The first-order valence-corrected chi connectivity index (χ1v) is 10.1. The summed E-state index contributed by atoms with van der Waals surface area (Å²) in [6, 6.07) is 1.86. The Morgan fingerprint density at radius 1 is 1.33 bits per heavy atom. The van der Waals surface area contributed by atoms with Crippen LogP contribution in [0.2, 0.25) is 0 Å². The van der Waals surface area contributed by atoms with E-state index < -0.39 is 10.0 Å². The molecule has 4 nitrogen and oxygen atoms in total. The lowest BCUT2D eigenvalue weighted by atomic mass is 9.94. The zero-order valence-corrected chi connectivity index (χ0v) is 14.7. The third kappa shape index (κ3) is 4.06. The van der Waals surface area contributed by atoms with Crippen molar-refractivity contribution in [3.63, 3.8) is 0 Å². The van der Waals surface area contributed by atoms with Gasteiger partial charge in [-0.2, -0.15) is 0 Å². The van der Waals surface area contributed by atoms with E-state index in [0.717, 1.165) is 37.2 Å². The van der Waals surface area contributed by atoms with Crippen LogP contribution in [0.5, 0.6) is 0 Å². The molecule has 1 aliphatic carbocycles. The fourth-order valence-electron chi connectivity index (χ4n) is 3.10. The van der Waals surface area contributed by atoms with Crippen LogP contribution in [-0.4, -0.2) is 21.0 Å². The Kier molecular flexibility index (Phi) is 5.82. The lowest BCUT2D eigenvalue weighted by Crippen LogP contribution is -2.37. The topological polar surface area (TPSA) is 58.2 Å². The molecule has 2 N–H and O–H groups in total. The number of sulfonamides is 1. The largest absolute Gasteiger partial charge is 0.312 e. The van der Waals surface area contributed by atoms with Gasteiger partial charge < -0.3 is 5.32 Å². The number of rotatable bonds is 7. The fraction of sp³-hybridized carbons (Fsp3) is 0.733. The van der Waals surface area contributed by atoms with Crippen molar-refractivity contribution in [2.24, 2.45) is 11.8 Å². The fourth-order valence-corrected chi connectivity index (χ4v) is 5.71. The van der Waals surface area contributed by atoms with Gasteiger partial charge in [0.2, 0.25) is 10.0 Å². The molecule has 0 spiro atoms. The van der Waals surface area contributed by atoms with Gasteiger partial charge in [0.1, 0.15) is 0 Å². The summed E-state index contributed by atoms with van der Waals surface area (Å²) in [5.41, 5.74) is 0. The third-order valence-electron chi connectivity index (χ3n) is 4.55. The molecule has 1 heterocycles. The van der Waals surface area contributed by atoms with E-state index in [9.17, 15) is 8.42 Å². The highest BCUT2D eigenvalue weighted by atomic mass is 32.2. The maximum Gasteiger partial charge on any atom is 0.241 e. The minimum Gasteiger partial charge on any atom is -0.312 e. The Bertz CT molecular complexity index is 554. The molecule has 1 fully saturated rings. The molecule has 1 aromatic rings. The predicted octanol–water partition coefficient (Wildman–Crippen LogP) is 2.96. The molecule has 2 rings (SSSR count). The van der Waals surface area contributed by atoms with Crippen molar-refractivity contribution < 1.29 is 8.42 Å². The van der Waals surface area contributed by atoms with Gasteiger partial charge in [-0.05, 0) is 37.3 Å². The molecule has 3 unspecified atom stereocenters. The maximum atomic E-state index is 12.5. The lowest BCUT2D eigenvalue weighted by molar-refractivity contribution is 0.368. The average molecular weight is 331 g/mol. The van der Waals surface area contributed by atoms with E-state index in [0.29, 0.717) is 16.7 Å². The second kappa shape index (κ2) is 7.22. The quantitative estimate of drug-likeness (QED) is 0.808. The first kappa shape index (κ1) is 16.9. The Morgan fingerprint density at radius 3 is 2.71 bits per heavy atom. The molecular weight excluding hydrogens is 304 g/mol. The smallest absolute Gasteiger partial charge is 0.241 e. The first-order chi connectivity index (χ1) is 9.97. The maximum absolute atomic E-state index is 12.5. The molecule has 21 heavy (non-hydrogen) atoms. The Labute approximate surface area is 132 Å². The van der Waals surface area contributed by atoms with Crippen LogP contribution in [0.15, 0.2) is 16.3 Å². The summed E-state index contributed by atoms with van der Waals surface area (Å²) in [5.74, 6) is 1.06. The molecule has 0 saturated heterocycles. The van der Waals surface area contributed by atoms with Crippen molar-refractivity contribution in [1.29, 1.82) is 0 Å². The van der Waals surface area contributed by atoms with Crippen LogP contribution in [0.4, 0.5) is 0 Å². The van der Waals surface area contributed by atoms with Crippen LogP contribution in [0.1, 0.15) is 44.9 Å². The molecule has 0 bridgehead atoms. The summed E-state index contributed by atoms with van der Waals surface area (Å²) in [6.45, 7) is 8.01. The van der Waals surface area contributed by atoms with Gasteiger partial charge in [0.15, 0.2) is 0 Å². The SMILES string of the molecule is CCNCc1cc(S(=O)(=O)NC2CCC(CC)C2C)cs1. The van der Waals surface area contributed by atoms with Crippen molar-refractivity contribution in [1.82, 2.24) is 10.0 Å². The van der Waals surface area contributed by atoms with Gasteiger partial charge in [-0.25, -0.2) is 13.1 Å². The van der Waals surface area contributed by atoms with Crippen molar-refractivity contribution in [2.45, 2.75) is 57.5 Å². The van der Waals surface area contributed by atoms with Gasteiger partial charge in [-0.3, -0.25) is 0 Å². The normalized spacial score (nSPS) is 26.3. The Morgan fingerprint density at radius 2 is 2.10 bits per heavy atom. The highest BCUT2D eigenvalue weighted by molar-refractivity contribution is 7.89. The summed E-state index contributed by atoms with van der Waals surface area (Å²) < 4.78 is 27.9. The van der Waals surface area contributed by atoms with E-state index in [1.54, 1.807) is 11.4 Å². The molecule has 1 aromatic heterocycles. The van der Waals surface area contributed by atoms with Crippen molar-refractivity contribution in [3.8, 4) is 0 Å². The standard InChI is InChI=1S/C15H26N2O2S2/c1-4-12-6-7-15(11(12)3)17-21(18,19)14-8-13(20-10-14)9-16-5-2/h8,10-12,15-17H,4-7,9H2,1-3H3. The molecule has 120 valence electrons. The van der Waals surface area contributed by atoms with Gasteiger partial charge in [-0.1, -0.05) is 27.2 Å². The minimum atomic E-state index is -3.38. The first-order valence-electron chi connectivity index (χ1n) is 7.78. The van der Waals surface area contributed by atoms with E-state index in [-0.39, 0.29) is 6.04 Å². The van der Waals surface area contributed by atoms with Gasteiger partial charge in [0.25, 0.3) is 0 Å². The summed E-state index contributed by atoms with van der Waals surface area (Å²) in [7, 11) is -3.38. The van der Waals surface area contributed by atoms with Crippen molar-refractivity contribution in [2.75, 3.05) is 6.54 Å². The Hall–Kier alpha value is -0.430. The van der Waals surface area contributed by atoms with E-state index in [1.807, 2.05) is 6.92 Å². The summed E-state index contributed by atoms with van der Waals surface area (Å²) in [5, 5.41) is 4.96. The summed E-state index contributed by atoms with van der Waals surface area (Å²) in [6.07, 6.45) is 3.21. The lowest BCUT2D eigenvalue weighted by Gasteiger charge is -2.20. The molecule has 6 heteroatoms. The third-order valence-corrected chi connectivity index (χ3v) is 7.10. The molecular formula is C15H26N2O2S2. The summed E-state index contributed by atoms with van der Waals surface area (Å²) in [4.78, 5) is 1.47. The van der Waals surface area contributed by atoms with Crippen LogP contribution in [0.3, 0.4) is 0 Å². The van der Waals surface area contributed by atoms with Crippen LogP contribution >= 0.6 is 11.3 Å². The molecule has 0 amide bonds. The Balaban J connectivity index is 2.03. The van der Waals surface area contributed by atoms with Crippen LogP contribution < -0.4 is 10.0 Å². The zero-order valence-electron chi connectivity index (χ0n) is 13.1. The van der Waals surface area contributed by atoms with E-state index in [2.05, 4.69) is 23.9 Å². The molecule has 0 aliphatic heterocycles. The molecule has 1 aliphatic rings. The van der Waals surface area contributed by atoms with Gasteiger partial charge in [-0.15, -0.1) is 11.3 Å². The van der Waals surface area contributed by atoms with Crippen LogP contribution in [0.25, 0.3) is 0 Å². The molecule has 0 radical (unpaired) electrons. The van der Waals surface area contributed by atoms with Crippen LogP contribution in [-0.2, 0) is 16.6 Å². The average Bonchev–Trinajstić information content (AvgIpc) is 3.05. The van der Waals surface area contributed by atoms with Crippen molar-refractivity contribution in [3.05, 3.63) is 16.3 Å². The summed E-state index contributed by atoms with van der Waals surface area (Å²) >= 11 is 1.50. The molecule has 0 aromatic carbocycles. The monoisotopic (exact) mass is 330 g/mol. The minimum absolute atomic E-state index is 0.0806. The van der Waals surface area contributed by atoms with E-state index >= 15 is 0 Å². The number of thiophene rings is 1. The number of hydrogen-bond donors (Lipinski definition) is 2. The zero-order chi connectivity index (χ0) is 15.5. The highest BCUT2D eigenvalue weighted by Gasteiger charge is 2.34. The predicted molar refractivity (Wildman–Crippen MR) is 88.0 cm³/mol. The highest BCUT2D eigenvalue weighted by Crippen LogP contribution is 2.34. The van der Waals surface area contributed by atoms with Gasteiger partial charge >= 0.3 is 0 Å². The van der Waals surface area contributed by atoms with Crippen LogP contribution in [0, 0.1) is 11.8 Å². The van der Waals surface area contributed by atoms with Gasteiger partial charge in [0.05, 0.1) is 4.90 Å². The second-order valence-electron chi connectivity index (χ2n) is 5.86. The second-order valence-corrected chi connectivity index (χ2v) is 8.57.